The number of nitrogens with zero attached hydrogens (tertiary/aromatic N) is 5. The number of hydrogen-bond acceptors (Lipinski definition) is 12. The standard InChI is InChI=1S/C29H29F6N7O5S2/c30-28(31,32)46-20-5-1-17(2-6-20)13-37-16-45-15-19-14-41(27-40-26-23(48-27)24(36)38-25(39-26)18-3-4-18)11-12-42(19)49(43,44)22-9-7-21(8-10-22)47-29(33,34)35/h1-2,5-10,18-19,37H,3-4,11-16H2,(H2,36,38,39)/t19-/m1/s1. The summed E-state index contributed by atoms with van der Waals surface area (Å²) >= 11 is 1.28. The van der Waals surface area contributed by atoms with E-state index in [9.17, 15) is 34.8 Å². The van der Waals surface area contributed by atoms with Gasteiger partial charge in [0, 0.05) is 32.1 Å². The number of alkyl halides is 6. The molecule has 20 heteroatoms. The molecule has 1 aliphatic carbocycles. The van der Waals surface area contributed by atoms with Crippen LogP contribution in [-0.2, 0) is 21.3 Å². The van der Waals surface area contributed by atoms with Crippen LogP contribution in [0.4, 0.5) is 37.3 Å². The van der Waals surface area contributed by atoms with Crippen molar-refractivity contribution >= 4 is 42.7 Å². The Bertz CT molecular complexity index is 1870. The number of aromatic nitrogens is 3. The van der Waals surface area contributed by atoms with Crippen LogP contribution in [0.25, 0.3) is 10.3 Å². The van der Waals surface area contributed by atoms with E-state index in [1.54, 1.807) is 0 Å². The molecule has 49 heavy (non-hydrogen) atoms. The molecule has 12 nitrogen and oxygen atoms in total. The predicted octanol–water partition coefficient (Wildman–Crippen LogP) is 4.99. The van der Waals surface area contributed by atoms with E-state index in [2.05, 4.69) is 29.7 Å². The molecule has 2 aromatic carbocycles. The molecular formula is C29H29F6N7O5S2. The SMILES string of the molecule is Nc1nc(C2CC2)nc2nc(N3CCN(S(=O)(=O)c4ccc(OC(F)(F)F)cc4)[C@@H](COCNCc4ccc(OC(F)(F)F)cc4)C3)sc12. The monoisotopic (exact) mass is 733 g/mol. The van der Waals surface area contributed by atoms with Crippen LogP contribution in [0.5, 0.6) is 11.5 Å². The third-order valence-corrected chi connectivity index (χ3v) is 10.7. The van der Waals surface area contributed by atoms with E-state index >= 15 is 0 Å². The zero-order valence-corrected chi connectivity index (χ0v) is 27.0. The molecule has 1 atom stereocenters. The highest BCUT2D eigenvalue weighted by Gasteiger charge is 2.38. The second-order valence-corrected chi connectivity index (χ2v) is 14.1. The van der Waals surface area contributed by atoms with Crippen LogP contribution in [0, 0.1) is 0 Å². The van der Waals surface area contributed by atoms with Crippen molar-refractivity contribution in [3.63, 3.8) is 0 Å². The van der Waals surface area contributed by atoms with Gasteiger partial charge < -0.3 is 24.8 Å². The van der Waals surface area contributed by atoms with Crippen LogP contribution < -0.4 is 25.4 Å². The van der Waals surface area contributed by atoms with E-state index in [4.69, 9.17) is 10.5 Å². The maximum Gasteiger partial charge on any atom is 0.573 e. The van der Waals surface area contributed by atoms with Gasteiger partial charge in [0.2, 0.25) is 10.0 Å². The Morgan fingerprint density at radius 3 is 2.14 bits per heavy atom. The number of rotatable bonds is 12. The number of piperazine rings is 1. The van der Waals surface area contributed by atoms with Crippen LogP contribution in [0.1, 0.15) is 30.1 Å². The first kappa shape index (κ1) is 34.9. The summed E-state index contributed by atoms with van der Waals surface area (Å²) in [5.74, 6) is 0.312. The Morgan fingerprint density at radius 2 is 1.53 bits per heavy atom. The van der Waals surface area contributed by atoms with Gasteiger partial charge in [-0.25, -0.2) is 18.4 Å². The van der Waals surface area contributed by atoms with Crippen LogP contribution in [0.3, 0.4) is 0 Å². The number of nitrogens with two attached hydrogens (primary N) is 1. The maximum absolute atomic E-state index is 13.8. The molecule has 0 radical (unpaired) electrons. The first-order chi connectivity index (χ1) is 23.1. The number of halogens is 6. The van der Waals surface area contributed by atoms with Crippen molar-refractivity contribution in [2.75, 3.05) is 43.6 Å². The molecule has 0 spiro atoms. The second-order valence-electron chi connectivity index (χ2n) is 11.3. The summed E-state index contributed by atoms with van der Waals surface area (Å²) in [5.41, 5.74) is 7.32. The Kier molecular flexibility index (Phi) is 9.77. The average molecular weight is 734 g/mol. The second kappa shape index (κ2) is 13.7. The minimum absolute atomic E-state index is 0.00134. The van der Waals surface area contributed by atoms with Crippen molar-refractivity contribution in [3.05, 3.63) is 59.9 Å². The van der Waals surface area contributed by atoms with Gasteiger partial charge in [0.25, 0.3) is 0 Å². The molecule has 4 aromatic rings. The molecule has 2 fully saturated rings. The lowest BCUT2D eigenvalue weighted by atomic mass is 10.2. The summed E-state index contributed by atoms with van der Waals surface area (Å²) in [4.78, 5) is 15.3. The van der Waals surface area contributed by atoms with Crippen molar-refractivity contribution in [2.45, 2.75) is 49.0 Å². The molecule has 3 heterocycles. The van der Waals surface area contributed by atoms with Crippen molar-refractivity contribution in [1.82, 2.24) is 24.6 Å². The van der Waals surface area contributed by atoms with Crippen molar-refractivity contribution in [2.24, 2.45) is 0 Å². The van der Waals surface area contributed by atoms with E-state index in [-0.39, 0.29) is 56.1 Å². The number of thiazole rings is 1. The normalized spacial score (nSPS) is 17.8. The van der Waals surface area contributed by atoms with Crippen molar-refractivity contribution < 1.29 is 49.0 Å². The minimum Gasteiger partial charge on any atom is -0.406 e. The van der Waals surface area contributed by atoms with E-state index in [0.29, 0.717) is 32.7 Å². The summed E-state index contributed by atoms with van der Waals surface area (Å²) < 4.78 is 118. The molecule has 1 saturated carbocycles. The number of nitrogen functional groups attached to an aromatic ring is 1. The molecule has 0 unspecified atom stereocenters. The van der Waals surface area contributed by atoms with E-state index < -0.39 is 34.5 Å². The molecule has 0 bridgehead atoms. The Labute approximate surface area is 279 Å². The highest BCUT2D eigenvalue weighted by atomic mass is 32.2. The van der Waals surface area contributed by atoms with Gasteiger partial charge >= 0.3 is 12.7 Å². The van der Waals surface area contributed by atoms with Crippen molar-refractivity contribution in [3.8, 4) is 11.5 Å². The highest BCUT2D eigenvalue weighted by Crippen LogP contribution is 2.41. The molecule has 2 aliphatic rings. The minimum atomic E-state index is -4.94. The van der Waals surface area contributed by atoms with E-state index in [1.807, 2.05) is 4.90 Å². The van der Waals surface area contributed by atoms with Gasteiger partial charge in [0.05, 0.1) is 24.3 Å². The first-order valence-corrected chi connectivity index (χ1v) is 17.1. The van der Waals surface area contributed by atoms with Gasteiger partial charge in [-0.2, -0.15) is 9.29 Å². The lowest BCUT2D eigenvalue weighted by Gasteiger charge is -2.40. The van der Waals surface area contributed by atoms with Gasteiger partial charge in [-0.05, 0) is 54.8 Å². The third kappa shape index (κ3) is 8.79. The molecule has 3 N–H and O–H groups in total. The maximum atomic E-state index is 13.8. The number of nitrogens with one attached hydrogen (secondary N) is 1. The number of benzene rings is 2. The first-order valence-electron chi connectivity index (χ1n) is 14.8. The lowest BCUT2D eigenvalue weighted by molar-refractivity contribution is -0.275. The average Bonchev–Trinajstić information content (AvgIpc) is 3.79. The molecule has 1 aliphatic heterocycles. The molecule has 1 saturated heterocycles. The van der Waals surface area contributed by atoms with Crippen LogP contribution in [-0.4, -0.2) is 79.4 Å². The predicted molar refractivity (Wildman–Crippen MR) is 165 cm³/mol. The topological polar surface area (TPSA) is 145 Å². The van der Waals surface area contributed by atoms with Gasteiger partial charge in [-0.15, -0.1) is 26.3 Å². The van der Waals surface area contributed by atoms with E-state index in [1.165, 1.54) is 39.9 Å². The Balaban J connectivity index is 1.15. The van der Waals surface area contributed by atoms with Gasteiger partial charge in [0.15, 0.2) is 10.8 Å². The summed E-state index contributed by atoms with van der Waals surface area (Å²) in [6, 6.07) is 8.44. The quantitative estimate of drug-likeness (QED) is 0.116. The summed E-state index contributed by atoms with van der Waals surface area (Å²) in [7, 11) is -4.20. The zero-order valence-electron chi connectivity index (χ0n) is 25.4. The van der Waals surface area contributed by atoms with Crippen molar-refractivity contribution in [1.29, 1.82) is 0 Å². The number of fused-ring (bicyclic) bond motifs is 1. The lowest BCUT2D eigenvalue weighted by Crippen LogP contribution is -2.57. The summed E-state index contributed by atoms with van der Waals surface area (Å²) in [5, 5.41) is 3.56. The number of hydrogen-bond donors (Lipinski definition) is 2. The van der Waals surface area contributed by atoms with Gasteiger partial charge in [-0.3, -0.25) is 5.32 Å². The fourth-order valence-electron chi connectivity index (χ4n) is 5.20. The Hall–Kier alpha value is -3.98. The summed E-state index contributed by atoms with van der Waals surface area (Å²) in [6.07, 6.45) is -7.77. The van der Waals surface area contributed by atoms with Crippen LogP contribution in [0.2, 0.25) is 0 Å². The smallest absolute Gasteiger partial charge is 0.406 e. The molecular weight excluding hydrogens is 704 g/mol. The van der Waals surface area contributed by atoms with Gasteiger partial charge in [0.1, 0.15) is 27.8 Å². The van der Waals surface area contributed by atoms with E-state index in [0.717, 1.165) is 37.1 Å². The van der Waals surface area contributed by atoms with Crippen LogP contribution in [0.15, 0.2) is 53.4 Å². The molecule has 2 aromatic heterocycles. The highest BCUT2D eigenvalue weighted by molar-refractivity contribution is 7.89. The summed E-state index contributed by atoms with van der Waals surface area (Å²) in [6.45, 7) is 0.494. The zero-order chi connectivity index (χ0) is 35.0. The van der Waals surface area contributed by atoms with Crippen LogP contribution >= 0.6 is 11.3 Å². The number of anilines is 2. The largest absolute Gasteiger partial charge is 0.573 e. The third-order valence-electron chi connectivity index (χ3n) is 7.59. The van der Waals surface area contributed by atoms with Gasteiger partial charge in [-0.1, -0.05) is 23.5 Å². The molecule has 264 valence electrons. The number of ether oxygens (including phenoxy) is 3. The Morgan fingerprint density at radius 1 is 0.898 bits per heavy atom. The molecule has 0 amide bonds. The number of sulfonamides is 1. The molecule has 6 rings (SSSR count). The fraction of sp³-hybridized carbons (Fsp3) is 0.414. The fourth-order valence-corrected chi connectivity index (χ4v) is 7.73.